The fourth-order valence-corrected chi connectivity index (χ4v) is 2.28. The van der Waals surface area contributed by atoms with Gasteiger partial charge in [-0.05, 0) is 24.6 Å². The van der Waals surface area contributed by atoms with Crippen LogP contribution in [0, 0.1) is 0 Å². The van der Waals surface area contributed by atoms with E-state index in [1.807, 2.05) is 36.4 Å². The number of hydrogen-bond donors (Lipinski definition) is 0. The first kappa shape index (κ1) is 17.5. The average Bonchev–Trinajstić information content (AvgIpc) is 2.60. The molecule has 5 nitrogen and oxygen atoms in total. The molecule has 5 heteroatoms. The number of carbonyl (C=O) groups is 2. The van der Waals surface area contributed by atoms with Crippen molar-refractivity contribution in [3.8, 4) is 5.75 Å². The molecule has 0 bridgehead atoms. The van der Waals surface area contributed by atoms with Gasteiger partial charge in [0, 0.05) is 13.3 Å². The minimum absolute atomic E-state index is 0.237. The lowest BCUT2D eigenvalue weighted by molar-refractivity contribution is -0.178. The Labute approximate surface area is 141 Å². The predicted octanol–water partition coefficient (Wildman–Crippen LogP) is 3.00. The van der Waals surface area contributed by atoms with Gasteiger partial charge in [-0.25, -0.2) is 4.79 Å². The van der Waals surface area contributed by atoms with E-state index in [4.69, 9.17) is 9.57 Å². The molecule has 24 heavy (non-hydrogen) atoms. The Balaban J connectivity index is 2.26. The quantitative estimate of drug-likeness (QED) is 0.579. The third kappa shape index (κ3) is 4.84. The molecule has 0 spiro atoms. The molecule has 0 aliphatic heterocycles. The van der Waals surface area contributed by atoms with Gasteiger partial charge in [0.15, 0.2) is 11.8 Å². The number of hydroxylamine groups is 2. The van der Waals surface area contributed by atoms with Crippen LogP contribution in [0.25, 0.3) is 0 Å². The maximum atomic E-state index is 12.4. The van der Waals surface area contributed by atoms with Crippen molar-refractivity contribution >= 4 is 11.9 Å². The van der Waals surface area contributed by atoms with Crippen LogP contribution in [0.5, 0.6) is 5.75 Å². The molecule has 0 aliphatic rings. The Morgan fingerprint density at radius 2 is 1.58 bits per heavy atom. The molecule has 0 fully saturated rings. The van der Waals surface area contributed by atoms with Crippen LogP contribution < -0.4 is 4.84 Å². The van der Waals surface area contributed by atoms with Crippen LogP contribution in [-0.4, -0.2) is 29.6 Å². The SMILES string of the molecule is CCOC(=O)[C@H](Cc1ccccc1)N(Oc1ccccc1)C(C)=O. The zero-order chi connectivity index (χ0) is 17.4. The van der Waals surface area contributed by atoms with Gasteiger partial charge in [-0.15, -0.1) is 0 Å². The highest BCUT2D eigenvalue weighted by molar-refractivity contribution is 5.83. The molecule has 0 radical (unpaired) electrons. The molecule has 0 saturated heterocycles. The standard InChI is InChI=1S/C19H21NO4/c1-3-23-19(22)18(14-16-10-6-4-7-11-16)20(15(2)21)24-17-12-8-5-9-13-17/h4-13,18H,3,14H2,1-2H3/t18-/m0/s1. The minimum Gasteiger partial charge on any atom is -0.464 e. The fourth-order valence-electron chi connectivity index (χ4n) is 2.28. The minimum atomic E-state index is -0.856. The number of benzene rings is 2. The van der Waals surface area contributed by atoms with Crippen molar-refractivity contribution in [3.05, 3.63) is 66.2 Å². The number of amides is 1. The summed E-state index contributed by atoms with van der Waals surface area (Å²) in [7, 11) is 0. The third-order valence-electron chi connectivity index (χ3n) is 3.37. The Bertz CT molecular complexity index is 658. The highest BCUT2D eigenvalue weighted by atomic mass is 16.7. The number of esters is 1. The second-order valence-electron chi connectivity index (χ2n) is 5.21. The zero-order valence-corrected chi connectivity index (χ0v) is 13.8. The van der Waals surface area contributed by atoms with Crippen molar-refractivity contribution in [1.29, 1.82) is 0 Å². The summed E-state index contributed by atoms with van der Waals surface area (Å²) in [6.45, 7) is 3.33. The molecule has 0 aromatic heterocycles. The molecule has 1 amide bonds. The van der Waals surface area contributed by atoms with Gasteiger partial charge in [0.25, 0.3) is 5.91 Å². The maximum Gasteiger partial charge on any atom is 0.332 e. The van der Waals surface area contributed by atoms with Crippen LogP contribution >= 0.6 is 0 Å². The summed E-state index contributed by atoms with van der Waals surface area (Å²) in [5.74, 6) is -0.379. The number of rotatable bonds is 7. The first-order valence-electron chi connectivity index (χ1n) is 7.85. The van der Waals surface area contributed by atoms with E-state index in [0.29, 0.717) is 12.2 Å². The topological polar surface area (TPSA) is 55.8 Å². The van der Waals surface area contributed by atoms with Gasteiger partial charge >= 0.3 is 5.97 Å². The Morgan fingerprint density at radius 1 is 1.00 bits per heavy atom. The molecule has 0 saturated carbocycles. The normalized spacial score (nSPS) is 11.4. The average molecular weight is 327 g/mol. The molecule has 0 N–H and O–H groups in total. The summed E-state index contributed by atoms with van der Waals surface area (Å²) in [4.78, 5) is 30.1. The molecule has 0 heterocycles. The van der Waals surface area contributed by atoms with Crippen molar-refractivity contribution < 1.29 is 19.2 Å². The third-order valence-corrected chi connectivity index (χ3v) is 3.37. The highest BCUT2D eigenvalue weighted by Crippen LogP contribution is 2.17. The lowest BCUT2D eigenvalue weighted by atomic mass is 10.1. The van der Waals surface area contributed by atoms with Crippen molar-refractivity contribution in [3.63, 3.8) is 0 Å². The van der Waals surface area contributed by atoms with Gasteiger partial charge in [-0.3, -0.25) is 4.79 Å². The van der Waals surface area contributed by atoms with Crippen molar-refractivity contribution in [2.24, 2.45) is 0 Å². The summed E-state index contributed by atoms with van der Waals surface area (Å²) in [6, 6.07) is 17.5. The second-order valence-corrected chi connectivity index (χ2v) is 5.21. The second kappa shape index (κ2) is 8.72. The number of para-hydroxylation sites is 1. The van der Waals surface area contributed by atoms with E-state index in [-0.39, 0.29) is 12.5 Å². The van der Waals surface area contributed by atoms with Crippen LogP contribution in [-0.2, 0) is 20.7 Å². The summed E-state index contributed by atoms with van der Waals surface area (Å²) in [6.07, 6.45) is 0.312. The van der Waals surface area contributed by atoms with E-state index in [1.54, 1.807) is 31.2 Å². The lowest BCUT2D eigenvalue weighted by Crippen LogP contribution is -2.48. The van der Waals surface area contributed by atoms with E-state index in [2.05, 4.69) is 0 Å². The smallest absolute Gasteiger partial charge is 0.332 e. The van der Waals surface area contributed by atoms with Crippen molar-refractivity contribution in [2.75, 3.05) is 6.61 Å². The lowest BCUT2D eigenvalue weighted by Gasteiger charge is -2.28. The summed E-state index contributed by atoms with van der Waals surface area (Å²) >= 11 is 0. The molecule has 0 unspecified atom stereocenters. The molecule has 2 aromatic carbocycles. The highest BCUT2D eigenvalue weighted by Gasteiger charge is 2.31. The van der Waals surface area contributed by atoms with Gasteiger partial charge in [0.2, 0.25) is 0 Å². The van der Waals surface area contributed by atoms with E-state index >= 15 is 0 Å². The van der Waals surface area contributed by atoms with Crippen molar-refractivity contribution in [2.45, 2.75) is 26.3 Å². The molecule has 126 valence electrons. The number of nitrogens with zero attached hydrogens (tertiary/aromatic N) is 1. The van der Waals surface area contributed by atoms with Crippen LogP contribution in [0.4, 0.5) is 0 Å². The molecule has 1 atom stereocenters. The van der Waals surface area contributed by atoms with E-state index < -0.39 is 12.0 Å². The van der Waals surface area contributed by atoms with Crippen molar-refractivity contribution in [1.82, 2.24) is 5.06 Å². The zero-order valence-electron chi connectivity index (χ0n) is 13.8. The number of ether oxygens (including phenoxy) is 1. The number of hydrogen-bond acceptors (Lipinski definition) is 4. The monoisotopic (exact) mass is 327 g/mol. The Kier molecular flexibility index (Phi) is 6.37. The molecule has 0 aliphatic carbocycles. The molecular weight excluding hydrogens is 306 g/mol. The largest absolute Gasteiger partial charge is 0.464 e. The number of carbonyl (C=O) groups excluding carboxylic acids is 2. The van der Waals surface area contributed by atoms with Gasteiger partial charge < -0.3 is 9.57 Å². The van der Waals surface area contributed by atoms with Gasteiger partial charge in [0.05, 0.1) is 6.61 Å². The van der Waals surface area contributed by atoms with Gasteiger partial charge in [0.1, 0.15) is 0 Å². The predicted molar refractivity (Wildman–Crippen MR) is 90.2 cm³/mol. The van der Waals surface area contributed by atoms with E-state index in [1.165, 1.54) is 6.92 Å². The van der Waals surface area contributed by atoms with E-state index in [0.717, 1.165) is 10.6 Å². The van der Waals surface area contributed by atoms with Crippen LogP contribution in [0.15, 0.2) is 60.7 Å². The first-order chi connectivity index (χ1) is 11.6. The Hall–Kier alpha value is -2.82. The van der Waals surface area contributed by atoms with Crippen LogP contribution in [0.3, 0.4) is 0 Å². The van der Waals surface area contributed by atoms with Crippen LogP contribution in [0.2, 0.25) is 0 Å². The fraction of sp³-hybridized carbons (Fsp3) is 0.263. The van der Waals surface area contributed by atoms with Gasteiger partial charge in [-0.1, -0.05) is 48.5 Å². The summed E-state index contributed by atoms with van der Waals surface area (Å²) in [5, 5.41) is 1.08. The molecular formula is C19H21NO4. The molecule has 2 rings (SSSR count). The maximum absolute atomic E-state index is 12.4. The first-order valence-corrected chi connectivity index (χ1v) is 7.85. The van der Waals surface area contributed by atoms with E-state index in [9.17, 15) is 9.59 Å². The molecule has 2 aromatic rings. The van der Waals surface area contributed by atoms with Crippen LogP contribution in [0.1, 0.15) is 19.4 Å². The summed E-state index contributed by atoms with van der Waals surface area (Å²) in [5.41, 5.74) is 0.915. The Morgan fingerprint density at radius 3 is 2.12 bits per heavy atom. The summed E-state index contributed by atoms with van der Waals surface area (Å²) < 4.78 is 5.13. The van der Waals surface area contributed by atoms with Gasteiger partial charge in [-0.2, -0.15) is 5.06 Å².